The molecule has 1 aliphatic heterocycles. The number of nitrogens with two attached hydrogens (primary N) is 1. The first-order chi connectivity index (χ1) is 9.75. The predicted octanol–water partition coefficient (Wildman–Crippen LogP) is 2.73. The van der Waals surface area contributed by atoms with Gasteiger partial charge in [0, 0.05) is 34.6 Å². The van der Waals surface area contributed by atoms with Crippen LogP contribution < -0.4 is 5.73 Å². The van der Waals surface area contributed by atoms with Gasteiger partial charge in [0.1, 0.15) is 0 Å². The second kappa shape index (κ2) is 6.58. The number of hydrogen-bond acceptors (Lipinski definition) is 4. The van der Waals surface area contributed by atoms with Crippen LogP contribution in [-0.4, -0.2) is 36.3 Å². The highest BCUT2D eigenvalue weighted by molar-refractivity contribution is 9.10. The number of rotatable bonds is 3. The van der Waals surface area contributed by atoms with E-state index in [9.17, 15) is 8.42 Å². The lowest BCUT2D eigenvalue weighted by atomic mass is 10.1. The first-order valence-electron chi connectivity index (χ1n) is 6.90. The van der Waals surface area contributed by atoms with Gasteiger partial charge in [0.2, 0.25) is 10.0 Å². The first-order valence-corrected chi connectivity index (χ1v) is 10.1. The Kier molecular flexibility index (Phi) is 5.41. The fraction of sp³-hybridized carbons (Fsp3) is 0.571. The zero-order chi connectivity index (χ0) is 15.8. The molecular formula is C14H21BrN2O2S2. The van der Waals surface area contributed by atoms with Gasteiger partial charge in [0.05, 0.1) is 4.90 Å². The van der Waals surface area contributed by atoms with Gasteiger partial charge in [-0.1, -0.05) is 29.8 Å². The maximum atomic E-state index is 13.0. The largest absolute Gasteiger partial charge is 0.326 e. The van der Waals surface area contributed by atoms with Gasteiger partial charge in [-0.15, -0.1) is 0 Å². The van der Waals surface area contributed by atoms with Crippen LogP contribution in [0.2, 0.25) is 0 Å². The normalized spacial score (nSPS) is 24.2. The molecule has 0 radical (unpaired) electrons. The second-order valence-electron chi connectivity index (χ2n) is 5.48. The molecule has 0 aromatic heterocycles. The zero-order valence-corrected chi connectivity index (χ0v) is 15.7. The van der Waals surface area contributed by atoms with Gasteiger partial charge >= 0.3 is 0 Å². The van der Waals surface area contributed by atoms with Crippen LogP contribution in [0.15, 0.2) is 21.5 Å². The van der Waals surface area contributed by atoms with Crippen molar-refractivity contribution in [3.8, 4) is 0 Å². The summed E-state index contributed by atoms with van der Waals surface area (Å²) < 4.78 is 28.3. The quantitative estimate of drug-likeness (QED) is 0.858. The summed E-state index contributed by atoms with van der Waals surface area (Å²) in [5.41, 5.74) is 7.23. The van der Waals surface area contributed by atoms with Crippen molar-refractivity contribution in [3.05, 3.63) is 27.7 Å². The van der Waals surface area contributed by atoms with E-state index in [2.05, 4.69) is 29.8 Å². The number of nitrogens with zero attached hydrogens (tertiary/aromatic N) is 1. The molecule has 1 aromatic carbocycles. The molecule has 0 aliphatic carbocycles. The van der Waals surface area contributed by atoms with Crippen LogP contribution in [0.5, 0.6) is 0 Å². The molecule has 1 aromatic rings. The summed E-state index contributed by atoms with van der Waals surface area (Å²) in [4.78, 5) is 0.364. The Morgan fingerprint density at radius 3 is 2.43 bits per heavy atom. The van der Waals surface area contributed by atoms with Gasteiger partial charge in [-0.3, -0.25) is 0 Å². The molecular weight excluding hydrogens is 372 g/mol. The highest BCUT2D eigenvalue weighted by Crippen LogP contribution is 2.32. The molecule has 0 spiro atoms. The Bertz CT molecular complexity index is 624. The summed E-state index contributed by atoms with van der Waals surface area (Å²) in [6.07, 6.45) is 0. The van der Waals surface area contributed by atoms with E-state index in [0.717, 1.165) is 15.6 Å². The van der Waals surface area contributed by atoms with E-state index >= 15 is 0 Å². The number of thioether (sulfide) groups is 1. The van der Waals surface area contributed by atoms with E-state index < -0.39 is 10.0 Å². The van der Waals surface area contributed by atoms with E-state index in [1.165, 1.54) is 0 Å². The Hall–Kier alpha value is -0.0800. The SMILES string of the molecule is Cc1c(Br)cc(CN)cc1S(=O)(=O)N1CC(C)SC(C)C1. The third kappa shape index (κ3) is 3.64. The van der Waals surface area contributed by atoms with Gasteiger partial charge < -0.3 is 5.73 Å². The van der Waals surface area contributed by atoms with Crippen molar-refractivity contribution in [2.75, 3.05) is 13.1 Å². The first kappa shape index (κ1) is 17.3. The van der Waals surface area contributed by atoms with Gasteiger partial charge in [-0.05, 0) is 30.2 Å². The minimum Gasteiger partial charge on any atom is -0.326 e. The van der Waals surface area contributed by atoms with Crippen LogP contribution in [0.25, 0.3) is 0 Å². The molecule has 4 nitrogen and oxygen atoms in total. The third-order valence-electron chi connectivity index (χ3n) is 3.60. The lowest BCUT2D eigenvalue weighted by Crippen LogP contribution is -2.44. The Morgan fingerprint density at radius 1 is 1.33 bits per heavy atom. The summed E-state index contributed by atoms with van der Waals surface area (Å²) in [5.74, 6) is 0. The number of hydrogen-bond donors (Lipinski definition) is 1. The second-order valence-corrected chi connectivity index (χ2v) is 10.1. The lowest BCUT2D eigenvalue weighted by Gasteiger charge is -2.34. The van der Waals surface area contributed by atoms with Gasteiger partial charge in [0.15, 0.2) is 0 Å². The summed E-state index contributed by atoms with van der Waals surface area (Å²) in [5, 5.41) is 0.620. The summed E-state index contributed by atoms with van der Waals surface area (Å²) >= 11 is 5.27. The fourth-order valence-electron chi connectivity index (χ4n) is 2.56. The highest BCUT2D eigenvalue weighted by atomic mass is 79.9. The number of benzene rings is 1. The minimum atomic E-state index is -3.48. The smallest absolute Gasteiger partial charge is 0.243 e. The topological polar surface area (TPSA) is 63.4 Å². The van der Waals surface area contributed by atoms with Crippen LogP contribution in [0, 0.1) is 6.92 Å². The Labute approximate surface area is 139 Å². The van der Waals surface area contributed by atoms with Crippen LogP contribution in [0.3, 0.4) is 0 Å². The van der Waals surface area contributed by atoms with Crippen LogP contribution in [-0.2, 0) is 16.6 Å². The molecule has 1 saturated heterocycles. The van der Waals surface area contributed by atoms with Crippen LogP contribution >= 0.6 is 27.7 Å². The summed E-state index contributed by atoms with van der Waals surface area (Å²) in [6.45, 7) is 7.40. The molecule has 2 unspecified atom stereocenters. The lowest BCUT2D eigenvalue weighted by molar-refractivity contribution is 0.404. The Morgan fingerprint density at radius 2 is 1.90 bits per heavy atom. The standard InChI is InChI=1S/C14H21BrN2O2S2/c1-9-7-17(8-10(2)20-9)21(18,19)14-5-12(6-16)4-13(15)11(14)3/h4-5,9-10H,6-8,16H2,1-3H3. The average molecular weight is 393 g/mol. The Balaban J connectivity index is 2.46. The van der Waals surface area contributed by atoms with E-state index in [-0.39, 0.29) is 0 Å². The summed E-state index contributed by atoms with van der Waals surface area (Å²) in [7, 11) is -3.48. The highest BCUT2D eigenvalue weighted by Gasteiger charge is 2.33. The van der Waals surface area contributed by atoms with Crippen molar-refractivity contribution in [2.24, 2.45) is 5.73 Å². The van der Waals surface area contributed by atoms with Crippen molar-refractivity contribution in [1.82, 2.24) is 4.31 Å². The molecule has 1 aliphatic rings. The number of sulfonamides is 1. The molecule has 1 fully saturated rings. The molecule has 0 bridgehead atoms. The van der Waals surface area contributed by atoms with E-state index in [4.69, 9.17) is 5.73 Å². The van der Waals surface area contributed by atoms with Crippen molar-refractivity contribution in [1.29, 1.82) is 0 Å². The molecule has 2 N–H and O–H groups in total. The fourth-order valence-corrected chi connectivity index (χ4v) is 6.63. The zero-order valence-electron chi connectivity index (χ0n) is 12.5. The molecule has 0 saturated carbocycles. The van der Waals surface area contributed by atoms with Gasteiger partial charge in [-0.2, -0.15) is 16.1 Å². The predicted molar refractivity (Wildman–Crippen MR) is 92.0 cm³/mol. The van der Waals surface area contributed by atoms with E-state index in [0.29, 0.717) is 35.0 Å². The monoisotopic (exact) mass is 392 g/mol. The molecule has 0 amide bonds. The van der Waals surface area contributed by atoms with Crippen molar-refractivity contribution in [3.63, 3.8) is 0 Å². The molecule has 118 valence electrons. The van der Waals surface area contributed by atoms with Crippen molar-refractivity contribution >= 4 is 37.7 Å². The van der Waals surface area contributed by atoms with Gasteiger partial charge in [-0.25, -0.2) is 8.42 Å². The van der Waals surface area contributed by atoms with Gasteiger partial charge in [0.25, 0.3) is 0 Å². The maximum Gasteiger partial charge on any atom is 0.243 e. The van der Waals surface area contributed by atoms with Crippen LogP contribution in [0.4, 0.5) is 0 Å². The van der Waals surface area contributed by atoms with E-state index in [1.54, 1.807) is 10.4 Å². The average Bonchev–Trinajstić information content (AvgIpc) is 2.40. The molecule has 2 atom stereocenters. The molecule has 2 rings (SSSR count). The summed E-state index contributed by atoms with van der Waals surface area (Å²) in [6, 6.07) is 3.58. The molecule has 1 heterocycles. The third-order valence-corrected chi connectivity index (χ3v) is 7.60. The number of halogens is 1. The minimum absolute atomic E-state index is 0.310. The van der Waals surface area contributed by atoms with Crippen molar-refractivity contribution < 1.29 is 8.42 Å². The van der Waals surface area contributed by atoms with E-state index in [1.807, 2.05) is 24.8 Å². The maximum absolute atomic E-state index is 13.0. The van der Waals surface area contributed by atoms with Crippen LogP contribution in [0.1, 0.15) is 25.0 Å². The molecule has 7 heteroatoms. The molecule has 21 heavy (non-hydrogen) atoms. The van der Waals surface area contributed by atoms with Crippen molar-refractivity contribution in [2.45, 2.75) is 42.7 Å².